The summed E-state index contributed by atoms with van der Waals surface area (Å²) in [4.78, 5) is 9.65. The van der Waals surface area contributed by atoms with Crippen LogP contribution in [0.25, 0.3) is 5.65 Å². The third-order valence-electron chi connectivity index (χ3n) is 5.41. The zero-order valence-electron chi connectivity index (χ0n) is 18.2. The molecular weight excluding hydrogens is 390 g/mol. The summed E-state index contributed by atoms with van der Waals surface area (Å²) >= 11 is 0. The number of pyridine rings is 1. The highest BCUT2D eigenvalue weighted by Crippen LogP contribution is 2.09. The molecule has 1 fully saturated rings. The van der Waals surface area contributed by atoms with Crippen molar-refractivity contribution in [3.05, 3.63) is 60.6 Å². The van der Waals surface area contributed by atoms with Crippen LogP contribution in [-0.4, -0.2) is 82.8 Å². The Morgan fingerprint density at radius 1 is 1.03 bits per heavy atom. The van der Waals surface area contributed by atoms with Crippen molar-refractivity contribution >= 4 is 11.6 Å². The molecule has 4 rings (SSSR count). The summed E-state index contributed by atoms with van der Waals surface area (Å²) in [5.41, 5.74) is 0.876. The largest absolute Gasteiger partial charge is 0.492 e. The van der Waals surface area contributed by atoms with Gasteiger partial charge in [-0.1, -0.05) is 24.3 Å². The number of ether oxygens (including phenoxy) is 1. The van der Waals surface area contributed by atoms with E-state index in [1.807, 2.05) is 59.1 Å². The van der Waals surface area contributed by atoms with Crippen LogP contribution in [0.3, 0.4) is 0 Å². The van der Waals surface area contributed by atoms with Crippen LogP contribution in [-0.2, 0) is 6.42 Å². The number of benzene rings is 1. The van der Waals surface area contributed by atoms with E-state index in [1.54, 1.807) is 0 Å². The van der Waals surface area contributed by atoms with Crippen LogP contribution < -0.4 is 10.1 Å². The minimum Gasteiger partial charge on any atom is -0.492 e. The van der Waals surface area contributed by atoms with Gasteiger partial charge in [0.25, 0.3) is 0 Å². The van der Waals surface area contributed by atoms with E-state index in [4.69, 9.17) is 9.73 Å². The molecular formula is C23H31N7O. The van der Waals surface area contributed by atoms with Crippen LogP contribution in [0.5, 0.6) is 5.75 Å². The van der Waals surface area contributed by atoms with Gasteiger partial charge in [0.15, 0.2) is 11.6 Å². The molecule has 164 valence electrons. The van der Waals surface area contributed by atoms with Crippen molar-refractivity contribution < 1.29 is 4.74 Å². The number of nitrogens with zero attached hydrogens (tertiary/aromatic N) is 6. The van der Waals surface area contributed by atoms with Gasteiger partial charge in [0.05, 0.1) is 0 Å². The van der Waals surface area contributed by atoms with Crippen LogP contribution in [0.2, 0.25) is 0 Å². The fourth-order valence-electron chi connectivity index (χ4n) is 3.74. The first-order valence-electron chi connectivity index (χ1n) is 11.1. The quantitative estimate of drug-likeness (QED) is 0.443. The normalized spacial score (nSPS) is 15.4. The monoisotopic (exact) mass is 421 g/mol. The molecule has 2 aromatic heterocycles. The highest BCUT2D eigenvalue weighted by atomic mass is 16.5. The van der Waals surface area contributed by atoms with Gasteiger partial charge in [0.1, 0.15) is 18.2 Å². The number of hydrogen-bond donors (Lipinski definition) is 1. The number of aliphatic imine (C=N–C) groups is 1. The molecule has 0 unspecified atom stereocenters. The number of fused-ring (bicyclic) bond motifs is 1. The molecule has 1 aliphatic rings. The fourth-order valence-corrected chi connectivity index (χ4v) is 3.74. The maximum atomic E-state index is 5.84. The second kappa shape index (κ2) is 10.8. The predicted octanol–water partition coefficient (Wildman–Crippen LogP) is 1.93. The molecule has 0 bridgehead atoms. The van der Waals surface area contributed by atoms with Gasteiger partial charge in [-0.15, -0.1) is 10.2 Å². The molecule has 1 N–H and O–H groups in total. The van der Waals surface area contributed by atoms with E-state index < -0.39 is 0 Å². The zero-order valence-corrected chi connectivity index (χ0v) is 18.2. The van der Waals surface area contributed by atoms with Gasteiger partial charge < -0.3 is 15.0 Å². The molecule has 3 aromatic rings. The number of guanidine groups is 1. The summed E-state index contributed by atoms with van der Waals surface area (Å²) < 4.78 is 7.86. The average Bonchev–Trinajstić information content (AvgIpc) is 3.23. The third kappa shape index (κ3) is 5.73. The van der Waals surface area contributed by atoms with Crippen molar-refractivity contribution in [3.63, 3.8) is 0 Å². The van der Waals surface area contributed by atoms with Crippen LogP contribution in [0.15, 0.2) is 59.7 Å². The highest BCUT2D eigenvalue weighted by Gasteiger charge is 2.19. The Bertz CT molecular complexity index is 964. The minimum atomic E-state index is 0.684. The van der Waals surface area contributed by atoms with Crippen LogP contribution >= 0.6 is 0 Å². The Morgan fingerprint density at radius 3 is 2.65 bits per heavy atom. The molecule has 1 saturated heterocycles. The summed E-state index contributed by atoms with van der Waals surface area (Å²) in [6.45, 7) is 9.26. The van der Waals surface area contributed by atoms with E-state index >= 15 is 0 Å². The highest BCUT2D eigenvalue weighted by molar-refractivity contribution is 5.80. The van der Waals surface area contributed by atoms with Crippen LogP contribution in [0, 0.1) is 0 Å². The first-order valence-corrected chi connectivity index (χ1v) is 11.1. The standard InChI is InChI=1S/C23H31N7O/c1-2-24-23(25-12-11-22-27-26-21-10-6-7-13-30(21)22)29-16-14-28(15-17-29)18-19-31-20-8-4-3-5-9-20/h3-10,13H,2,11-12,14-19H2,1H3,(H,24,25). The van der Waals surface area contributed by atoms with Crippen molar-refractivity contribution in [1.29, 1.82) is 0 Å². The molecule has 0 atom stereocenters. The SMILES string of the molecule is CCNC(=NCCc1nnc2ccccn12)N1CCN(CCOc2ccccc2)CC1. The number of hydrogen-bond acceptors (Lipinski definition) is 5. The molecule has 0 aliphatic carbocycles. The summed E-state index contributed by atoms with van der Waals surface area (Å²) in [5.74, 6) is 2.86. The average molecular weight is 422 g/mol. The first-order chi connectivity index (χ1) is 15.3. The molecule has 0 spiro atoms. The molecule has 0 radical (unpaired) electrons. The summed E-state index contributed by atoms with van der Waals surface area (Å²) in [5, 5.41) is 12.0. The second-order valence-corrected chi connectivity index (χ2v) is 7.52. The Balaban J connectivity index is 1.25. The molecule has 31 heavy (non-hydrogen) atoms. The summed E-state index contributed by atoms with van der Waals surface area (Å²) in [6, 6.07) is 15.9. The topological polar surface area (TPSA) is 70.3 Å². The number of piperazine rings is 1. The van der Waals surface area contributed by atoms with Crippen molar-refractivity contribution in [2.75, 3.05) is 52.4 Å². The fraction of sp³-hybridized carbons (Fsp3) is 0.435. The minimum absolute atomic E-state index is 0.684. The Kier molecular flexibility index (Phi) is 7.33. The third-order valence-corrected chi connectivity index (χ3v) is 5.41. The lowest BCUT2D eigenvalue weighted by atomic mass is 10.3. The zero-order chi connectivity index (χ0) is 21.3. The number of para-hydroxylation sites is 1. The van der Waals surface area contributed by atoms with Gasteiger partial charge in [-0.3, -0.25) is 14.3 Å². The molecule has 0 saturated carbocycles. The molecule has 8 heteroatoms. The van der Waals surface area contributed by atoms with Crippen molar-refractivity contribution in [2.24, 2.45) is 4.99 Å². The van der Waals surface area contributed by atoms with Gasteiger partial charge in [-0.25, -0.2) is 0 Å². The number of nitrogens with one attached hydrogen (secondary N) is 1. The second-order valence-electron chi connectivity index (χ2n) is 7.52. The van der Waals surface area contributed by atoms with Gasteiger partial charge in [-0.05, 0) is 31.2 Å². The lowest BCUT2D eigenvalue weighted by molar-refractivity contribution is 0.152. The lowest BCUT2D eigenvalue weighted by Crippen LogP contribution is -2.53. The van der Waals surface area contributed by atoms with E-state index in [9.17, 15) is 0 Å². The van der Waals surface area contributed by atoms with Crippen LogP contribution in [0.4, 0.5) is 0 Å². The van der Waals surface area contributed by atoms with E-state index in [-0.39, 0.29) is 0 Å². The maximum absolute atomic E-state index is 5.84. The Hall–Kier alpha value is -3.13. The molecule has 3 heterocycles. The van der Waals surface area contributed by atoms with Gasteiger partial charge >= 0.3 is 0 Å². The summed E-state index contributed by atoms with van der Waals surface area (Å²) in [6.07, 6.45) is 2.76. The van der Waals surface area contributed by atoms with Crippen molar-refractivity contribution in [1.82, 2.24) is 29.7 Å². The maximum Gasteiger partial charge on any atom is 0.194 e. The molecule has 0 amide bonds. The van der Waals surface area contributed by atoms with E-state index in [0.717, 1.165) is 68.9 Å². The van der Waals surface area contributed by atoms with Crippen molar-refractivity contribution in [2.45, 2.75) is 13.3 Å². The molecule has 1 aromatic carbocycles. The number of aromatic nitrogens is 3. The molecule has 8 nitrogen and oxygen atoms in total. The first kappa shape index (κ1) is 21.1. The van der Waals surface area contributed by atoms with E-state index in [1.165, 1.54) is 0 Å². The summed E-state index contributed by atoms with van der Waals surface area (Å²) in [7, 11) is 0. The Morgan fingerprint density at radius 2 is 1.84 bits per heavy atom. The van der Waals surface area contributed by atoms with Gasteiger partial charge in [0, 0.05) is 58.4 Å². The molecule has 1 aliphatic heterocycles. The lowest BCUT2D eigenvalue weighted by Gasteiger charge is -2.36. The number of rotatable bonds is 8. The van der Waals surface area contributed by atoms with E-state index in [0.29, 0.717) is 13.2 Å². The van der Waals surface area contributed by atoms with Crippen molar-refractivity contribution in [3.8, 4) is 5.75 Å². The van der Waals surface area contributed by atoms with Gasteiger partial charge in [-0.2, -0.15) is 0 Å². The smallest absolute Gasteiger partial charge is 0.194 e. The van der Waals surface area contributed by atoms with E-state index in [2.05, 4.69) is 32.2 Å². The Labute approximate surface area is 183 Å². The van der Waals surface area contributed by atoms with Gasteiger partial charge in [0.2, 0.25) is 0 Å². The van der Waals surface area contributed by atoms with Crippen LogP contribution in [0.1, 0.15) is 12.7 Å². The predicted molar refractivity (Wildman–Crippen MR) is 123 cm³/mol.